The van der Waals surface area contributed by atoms with Crippen LogP contribution in [0.25, 0.3) is 90.9 Å². The minimum atomic E-state index is 0.0350. The van der Waals surface area contributed by atoms with Gasteiger partial charge in [0.05, 0.1) is 22.8 Å². The number of aromatic nitrogens is 4. The van der Waals surface area contributed by atoms with Gasteiger partial charge in [-0.3, -0.25) is 0 Å². The molecule has 3 aromatic heterocycles. The Morgan fingerprint density at radius 3 is 1.14 bits per heavy atom. The van der Waals surface area contributed by atoms with Crippen LogP contribution in [-0.4, -0.2) is 30.1 Å². The number of nitrogens with zero attached hydrogens (tertiary/aromatic N) is 2. The van der Waals surface area contributed by atoms with E-state index in [1.807, 2.05) is 78.9 Å². The van der Waals surface area contributed by atoms with Gasteiger partial charge >= 0.3 is 0 Å². The molecule has 0 amide bonds. The van der Waals surface area contributed by atoms with E-state index in [-0.39, 0.29) is 11.5 Å². The van der Waals surface area contributed by atoms with Crippen molar-refractivity contribution < 1.29 is 10.2 Å². The first-order valence-electron chi connectivity index (χ1n) is 16.5. The Morgan fingerprint density at radius 2 is 0.740 bits per heavy atom. The summed E-state index contributed by atoms with van der Waals surface area (Å²) in [5, 5.41) is 21.7. The van der Waals surface area contributed by atoms with Crippen LogP contribution >= 0.6 is 0 Å². The Hall–Kier alpha value is -6.92. The van der Waals surface area contributed by atoms with Crippen molar-refractivity contribution in [1.82, 2.24) is 19.9 Å². The van der Waals surface area contributed by atoms with Crippen LogP contribution in [0.15, 0.2) is 133 Å². The number of benzene rings is 4. The van der Waals surface area contributed by atoms with Crippen LogP contribution < -0.4 is 0 Å². The van der Waals surface area contributed by atoms with Crippen LogP contribution in [-0.2, 0) is 0 Å². The van der Waals surface area contributed by atoms with Crippen molar-refractivity contribution >= 4 is 46.4 Å². The maximum atomic E-state index is 11.2. The van der Waals surface area contributed by atoms with Crippen molar-refractivity contribution in [2.24, 2.45) is 0 Å². The molecule has 0 aliphatic carbocycles. The molecule has 4 N–H and O–H groups in total. The monoisotopic (exact) mass is 646 g/mol. The number of phenolic OH excluding ortho intramolecular Hbond substituents is 2. The summed E-state index contributed by atoms with van der Waals surface area (Å²) in [4.78, 5) is 17.9. The summed E-state index contributed by atoms with van der Waals surface area (Å²) in [5.74, 6) is 0.0785. The summed E-state index contributed by atoms with van der Waals surface area (Å²) in [5.41, 5.74) is 13.6. The molecule has 5 heterocycles. The lowest BCUT2D eigenvalue weighted by Crippen LogP contribution is -1.90. The van der Waals surface area contributed by atoms with Gasteiger partial charge in [-0.15, -0.1) is 0 Å². The van der Waals surface area contributed by atoms with Crippen molar-refractivity contribution in [2.75, 3.05) is 0 Å². The summed E-state index contributed by atoms with van der Waals surface area (Å²) in [6.45, 7) is 0. The quantitative estimate of drug-likeness (QED) is 0.143. The number of rotatable bonds is 4. The predicted octanol–water partition coefficient (Wildman–Crippen LogP) is 10.7. The van der Waals surface area contributed by atoms with Crippen molar-refractivity contribution in [3.05, 3.63) is 156 Å². The average Bonchev–Trinajstić information content (AvgIpc) is 3.99. The molecule has 0 saturated carbocycles. The van der Waals surface area contributed by atoms with E-state index >= 15 is 0 Å². The number of phenols is 2. The Bertz CT molecular complexity index is 2620. The standard InChI is InChI=1S/C44H30N4O2/c49-30-16-25-40(50)31(26-30)44-38-23-21-36(47-38)42(28-12-6-2-7-13-28)34-19-17-32(45-34)41(27-10-4-1-5-11-27)33-18-20-35(46-33)43(29-14-8-3-9-15-29)37-22-24-39(44)48-37/h1-26,45,48-50H. The molecule has 6 heteroatoms. The molecular formula is C44H30N4O2. The van der Waals surface area contributed by atoms with Crippen LogP contribution in [0.3, 0.4) is 0 Å². The molecule has 9 rings (SSSR count). The van der Waals surface area contributed by atoms with Crippen molar-refractivity contribution in [3.63, 3.8) is 0 Å². The largest absolute Gasteiger partial charge is 0.508 e. The van der Waals surface area contributed by atoms with Crippen molar-refractivity contribution in [1.29, 1.82) is 0 Å². The number of hydrogen-bond acceptors (Lipinski definition) is 4. The second kappa shape index (κ2) is 12.0. The molecule has 7 aromatic rings. The molecule has 4 aromatic carbocycles. The summed E-state index contributed by atoms with van der Waals surface area (Å²) < 4.78 is 0. The molecule has 50 heavy (non-hydrogen) atoms. The van der Waals surface area contributed by atoms with Gasteiger partial charge in [0.2, 0.25) is 0 Å². The van der Waals surface area contributed by atoms with E-state index in [1.54, 1.807) is 6.07 Å². The average molecular weight is 647 g/mol. The summed E-state index contributed by atoms with van der Waals surface area (Å²) in [7, 11) is 0. The molecule has 0 fully saturated rings. The zero-order chi connectivity index (χ0) is 33.6. The van der Waals surface area contributed by atoms with Gasteiger partial charge in [-0.05, 0) is 83.5 Å². The van der Waals surface area contributed by atoms with Gasteiger partial charge in [0.15, 0.2) is 0 Å². The van der Waals surface area contributed by atoms with E-state index in [0.29, 0.717) is 16.8 Å². The lowest BCUT2D eigenvalue weighted by atomic mass is 10.0. The first-order chi connectivity index (χ1) is 24.6. The molecule has 8 bridgehead atoms. The third-order valence-corrected chi connectivity index (χ3v) is 9.19. The highest BCUT2D eigenvalue weighted by Crippen LogP contribution is 2.41. The summed E-state index contributed by atoms with van der Waals surface area (Å²) in [6.07, 6.45) is 8.13. The minimum Gasteiger partial charge on any atom is -0.508 e. The van der Waals surface area contributed by atoms with Gasteiger partial charge in [0.1, 0.15) is 11.5 Å². The Kier molecular flexibility index (Phi) is 6.99. The van der Waals surface area contributed by atoms with Crippen molar-refractivity contribution in [3.8, 4) is 56.0 Å². The second-order valence-corrected chi connectivity index (χ2v) is 12.3. The molecular weight excluding hydrogens is 617 g/mol. The molecule has 2 aliphatic rings. The third-order valence-electron chi connectivity index (χ3n) is 9.19. The maximum absolute atomic E-state index is 11.2. The number of hydrogen-bond donors (Lipinski definition) is 4. The first-order valence-corrected chi connectivity index (χ1v) is 16.5. The number of nitrogens with one attached hydrogen (secondary N) is 2. The Morgan fingerprint density at radius 1 is 0.380 bits per heavy atom. The van der Waals surface area contributed by atoms with Crippen LogP contribution in [0.1, 0.15) is 22.8 Å². The molecule has 238 valence electrons. The SMILES string of the molecule is Oc1ccc(O)c(-c2c3nc(c(-c4ccccc4)c4ccc([nH]4)c(-c4ccccc4)c4nc(c(-c5ccccc5)c5ccc2[nH]5)C=C4)C=C3)c1. The number of H-pyrrole nitrogens is 2. The van der Waals surface area contributed by atoms with Gasteiger partial charge in [-0.25, -0.2) is 9.97 Å². The van der Waals surface area contributed by atoms with Gasteiger partial charge in [0.25, 0.3) is 0 Å². The molecule has 0 radical (unpaired) electrons. The van der Waals surface area contributed by atoms with Gasteiger partial charge in [-0.2, -0.15) is 0 Å². The molecule has 0 unspecified atom stereocenters. The fraction of sp³-hybridized carbons (Fsp3) is 0. The van der Waals surface area contributed by atoms with Crippen LogP contribution in [0.2, 0.25) is 0 Å². The minimum absolute atomic E-state index is 0.0350. The summed E-state index contributed by atoms with van der Waals surface area (Å²) in [6, 6.07) is 43.6. The fourth-order valence-electron chi connectivity index (χ4n) is 6.94. The van der Waals surface area contributed by atoms with E-state index in [4.69, 9.17) is 9.97 Å². The van der Waals surface area contributed by atoms with E-state index in [2.05, 4.69) is 70.7 Å². The topological polar surface area (TPSA) is 97.8 Å². The Labute approximate surface area is 288 Å². The van der Waals surface area contributed by atoms with Gasteiger partial charge in [-0.1, -0.05) is 91.0 Å². The molecule has 6 nitrogen and oxygen atoms in total. The van der Waals surface area contributed by atoms with E-state index < -0.39 is 0 Å². The van der Waals surface area contributed by atoms with Crippen LogP contribution in [0, 0.1) is 0 Å². The smallest absolute Gasteiger partial charge is 0.123 e. The highest BCUT2D eigenvalue weighted by atomic mass is 16.3. The number of aromatic amines is 2. The second-order valence-electron chi connectivity index (χ2n) is 12.3. The molecule has 2 aliphatic heterocycles. The maximum Gasteiger partial charge on any atom is 0.123 e. The van der Waals surface area contributed by atoms with Crippen molar-refractivity contribution in [2.45, 2.75) is 0 Å². The highest BCUT2D eigenvalue weighted by Gasteiger charge is 2.20. The van der Waals surface area contributed by atoms with Crippen LogP contribution in [0.4, 0.5) is 0 Å². The fourth-order valence-corrected chi connectivity index (χ4v) is 6.94. The van der Waals surface area contributed by atoms with Crippen LogP contribution in [0.5, 0.6) is 11.5 Å². The number of aromatic hydroxyl groups is 2. The van der Waals surface area contributed by atoms with E-state index in [1.165, 1.54) is 12.1 Å². The van der Waals surface area contributed by atoms with E-state index in [0.717, 1.165) is 72.5 Å². The zero-order valence-corrected chi connectivity index (χ0v) is 26.8. The lowest BCUT2D eigenvalue weighted by Gasteiger charge is -2.08. The molecule has 0 atom stereocenters. The normalized spacial score (nSPS) is 12.0. The summed E-state index contributed by atoms with van der Waals surface area (Å²) >= 11 is 0. The lowest BCUT2D eigenvalue weighted by molar-refractivity contribution is 0.462. The first kappa shape index (κ1) is 29.2. The molecule has 0 spiro atoms. The van der Waals surface area contributed by atoms with Gasteiger partial charge < -0.3 is 20.2 Å². The molecule has 0 saturated heterocycles. The predicted molar refractivity (Wildman–Crippen MR) is 204 cm³/mol. The zero-order valence-electron chi connectivity index (χ0n) is 26.8. The highest BCUT2D eigenvalue weighted by molar-refractivity contribution is 6.00. The number of fused-ring (bicyclic) bond motifs is 8. The van der Waals surface area contributed by atoms with Gasteiger partial charge in [0, 0.05) is 49.9 Å². The third kappa shape index (κ3) is 5.07. The Balaban J connectivity index is 1.49. The van der Waals surface area contributed by atoms with E-state index in [9.17, 15) is 10.2 Å².